The van der Waals surface area contributed by atoms with Crippen molar-refractivity contribution >= 4 is 16.9 Å². The van der Waals surface area contributed by atoms with Crippen molar-refractivity contribution in [1.29, 1.82) is 0 Å². The summed E-state index contributed by atoms with van der Waals surface area (Å²) in [6.45, 7) is 1.90. The highest BCUT2D eigenvalue weighted by molar-refractivity contribution is 5.88. The number of amides is 1. The van der Waals surface area contributed by atoms with Gasteiger partial charge in [0.1, 0.15) is 5.75 Å². The molecule has 0 unspecified atom stereocenters. The van der Waals surface area contributed by atoms with E-state index in [1.165, 1.54) is 0 Å². The summed E-state index contributed by atoms with van der Waals surface area (Å²) in [5, 5.41) is 2.18. The highest BCUT2D eigenvalue weighted by Crippen LogP contribution is 2.26. The molecule has 2 rings (SSSR count). The molecule has 2 N–H and O–H groups in total. The van der Waals surface area contributed by atoms with Crippen LogP contribution in [0.5, 0.6) is 5.75 Å². The predicted molar refractivity (Wildman–Crippen MR) is 58.9 cm³/mol. The molecule has 0 aliphatic carbocycles. The molecule has 0 aromatic heterocycles. The molecule has 0 saturated carbocycles. The normalized spacial score (nSPS) is 10.2. The van der Waals surface area contributed by atoms with E-state index in [1.54, 1.807) is 6.07 Å². The minimum absolute atomic E-state index is 0.515. The molecule has 3 heteroatoms. The highest BCUT2D eigenvalue weighted by atomic mass is 16.5. The first-order valence-corrected chi connectivity index (χ1v) is 4.64. The van der Waals surface area contributed by atoms with Crippen molar-refractivity contribution < 1.29 is 9.53 Å². The van der Waals surface area contributed by atoms with Gasteiger partial charge in [0.05, 0.1) is 0 Å². The van der Waals surface area contributed by atoms with Gasteiger partial charge in [0.15, 0.2) is 0 Å². The maximum absolute atomic E-state index is 10.7. The minimum Gasteiger partial charge on any atom is -0.410 e. The third-order valence-corrected chi connectivity index (χ3v) is 2.36. The van der Waals surface area contributed by atoms with Gasteiger partial charge in [-0.25, -0.2) is 4.79 Å². The number of benzene rings is 2. The summed E-state index contributed by atoms with van der Waals surface area (Å²) in [5.41, 5.74) is 5.90. The lowest BCUT2D eigenvalue weighted by Crippen LogP contribution is -2.16. The van der Waals surface area contributed by atoms with E-state index in [-0.39, 0.29) is 0 Å². The molecule has 0 saturated heterocycles. The molecule has 0 spiro atoms. The fourth-order valence-electron chi connectivity index (χ4n) is 1.63. The molecule has 0 fully saturated rings. The topological polar surface area (TPSA) is 52.3 Å². The average molecular weight is 201 g/mol. The SMILES string of the molecule is Cc1c(OC(N)=O)ccc2ccccc12. The fraction of sp³-hybridized carbons (Fsp3) is 0.0833. The number of hydrogen-bond donors (Lipinski definition) is 1. The molecule has 2 aromatic carbocycles. The molecule has 0 radical (unpaired) electrons. The first-order valence-electron chi connectivity index (χ1n) is 4.64. The summed E-state index contributed by atoms with van der Waals surface area (Å²) in [5.74, 6) is 0.515. The Balaban J connectivity index is 2.59. The smallest absolute Gasteiger partial charge is 0.409 e. The highest BCUT2D eigenvalue weighted by Gasteiger charge is 2.05. The van der Waals surface area contributed by atoms with Crippen molar-refractivity contribution in [3.05, 3.63) is 42.0 Å². The molecule has 0 aliphatic rings. The van der Waals surface area contributed by atoms with E-state index >= 15 is 0 Å². The summed E-state index contributed by atoms with van der Waals surface area (Å²) < 4.78 is 4.89. The van der Waals surface area contributed by atoms with Gasteiger partial charge in [-0.1, -0.05) is 30.3 Å². The Morgan fingerprint density at radius 2 is 1.93 bits per heavy atom. The van der Waals surface area contributed by atoms with Crippen LogP contribution < -0.4 is 10.5 Å². The Kier molecular flexibility index (Phi) is 2.29. The van der Waals surface area contributed by atoms with Crippen LogP contribution in [0.3, 0.4) is 0 Å². The quantitative estimate of drug-likeness (QED) is 0.771. The zero-order valence-corrected chi connectivity index (χ0v) is 8.36. The van der Waals surface area contributed by atoms with Crippen LogP contribution in [0.2, 0.25) is 0 Å². The Labute approximate surface area is 87.5 Å². The van der Waals surface area contributed by atoms with Crippen LogP contribution in [0.15, 0.2) is 36.4 Å². The maximum Gasteiger partial charge on any atom is 0.409 e. The third kappa shape index (κ3) is 1.76. The molecule has 0 atom stereocenters. The van der Waals surface area contributed by atoms with Gasteiger partial charge in [-0.2, -0.15) is 0 Å². The van der Waals surface area contributed by atoms with Gasteiger partial charge >= 0.3 is 6.09 Å². The molecule has 0 aliphatic heterocycles. The number of primary amides is 1. The van der Waals surface area contributed by atoms with Crippen molar-refractivity contribution in [3.63, 3.8) is 0 Å². The van der Waals surface area contributed by atoms with Crippen LogP contribution in [-0.4, -0.2) is 6.09 Å². The van der Waals surface area contributed by atoms with Gasteiger partial charge in [0.2, 0.25) is 0 Å². The number of aryl methyl sites for hydroxylation is 1. The molecule has 1 amide bonds. The molecule has 15 heavy (non-hydrogen) atoms. The number of fused-ring (bicyclic) bond motifs is 1. The Bertz CT molecular complexity index is 520. The lowest BCUT2D eigenvalue weighted by molar-refractivity contribution is 0.210. The van der Waals surface area contributed by atoms with Gasteiger partial charge in [-0.15, -0.1) is 0 Å². The van der Waals surface area contributed by atoms with Crippen LogP contribution in [0.1, 0.15) is 5.56 Å². The summed E-state index contributed by atoms with van der Waals surface area (Å²) in [6, 6.07) is 11.6. The zero-order valence-electron chi connectivity index (χ0n) is 8.36. The third-order valence-electron chi connectivity index (χ3n) is 2.36. The molecular weight excluding hydrogens is 190 g/mol. The van der Waals surface area contributed by atoms with E-state index in [2.05, 4.69) is 0 Å². The van der Waals surface area contributed by atoms with E-state index in [1.807, 2.05) is 37.3 Å². The molecular formula is C12H11NO2. The summed E-state index contributed by atoms with van der Waals surface area (Å²) in [6.07, 6.45) is -0.784. The van der Waals surface area contributed by atoms with Crippen LogP contribution in [0, 0.1) is 6.92 Å². The second kappa shape index (κ2) is 3.61. The monoisotopic (exact) mass is 201 g/mol. The standard InChI is InChI=1S/C12H11NO2/c1-8-10-5-3-2-4-9(10)6-7-11(8)15-12(13)14/h2-7H,1H3,(H2,13,14). The van der Waals surface area contributed by atoms with Crippen LogP contribution in [0.25, 0.3) is 10.8 Å². The number of rotatable bonds is 1. The second-order valence-electron chi connectivity index (χ2n) is 3.33. The van der Waals surface area contributed by atoms with E-state index in [4.69, 9.17) is 10.5 Å². The molecule has 2 aromatic rings. The minimum atomic E-state index is -0.784. The van der Waals surface area contributed by atoms with Crippen LogP contribution in [0.4, 0.5) is 4.79 Å². The fourth-order valence-corrected chi connectivity index (χ4v) is 1.63. The number of carbonyl (C=O) groups excluding carboxylic acids is 1. The van der Waals surface area contributed by atoms with E-state index < -0.39 is 6.09 Å². The van der Waals surface area contributed by atoms with Crippen molar-refractivity contribution in [2.75, 3.05) is 0 Å². The van der Waals surface area contributed by atoms with Gasteiger partial charge < -0.3 is 10.5 Å². The van der Waals surface area contributed by atoms with Crippen molar-refractivity contribution in [2.45, 2.75) is 6.92 Å². The second-order valence-corrected chi connectivity index (χ2v) is 3.33. The lowest BCUT2D eigenvalue weighted by atomic mass is 10.1. The average Bonchev–Trinajstić information content (AvgIpc) is 2.22. The van der Waals surface area contributed by atoms with Gasteiger partial charge in [-0.3, -0.25) is 0 Å². The molecule has 0 heterocycles. The van der Waals surface area contributed by atoms with E-state index in [9.17, 15) is 4.79 Å². The van der Waals surface area contributed by atoms with Crippen molar-refractivity contribution in [3.8, 4) is 5.75 Å². The molecule has 76 valence electrons. The van der Waals surface area contributed by atoms with Crippen molar-refractivity contribution in [1.82, 2.24) is 0 Å². The number of carbonyl (C=O) groups is 1. The summed E-state index contributed by atoms with van der Waals surface area (Å²) >= 11 is 0. The number of hydrogen-bond acceptors (Lipinski definition) is 2. The van der Waals surface area contributed by atoms with Crippen molar-refractivity contribution in [2.24, 2.45) is 5.73 Å². The van der Waals surface area contributed by atoms with Gasteiger partial charge in [0, 0.05) is 0 Å². The van der Waals surface area contributed by atoms with E-state index in [0.29, 0.717) is 5.75 Å². The molecule has 0 bridgehead atoms. The van der Waals surface area contributed by atoms with Crippen LogP contribution >= 0.6 is 0 Å². The first kappa shape index (κ1) is 9.52. The first-order chi connectivity index (χ1) is 7.18. The zero-order chi connectivity index (χ0) is 10.8. The largest absolute Gasteiger partial charge is 0.410 e. The van der Waals surface area contributed by atoms with Crippen LogP contribution in [-0.2, 0) is 0 Å². The van der Waals surface area contributed by atoms with Gasteiger partial charge in [0.25, 0.3) is 0 Å². The number of ether oxygens (including phenoxy) is 1. The van der Waals surface area contributed by atoms with Gasteiger partial charge in [-0.05, 0) is 29.3 Å². The summed E-state index contributed by atoms with van der Waals surface area (Å²) in [7, 11) is 0. The Morgan fingerprint density at radius 3 is 2.67 bits per heavy atom. The maximum atomic E-state index is 10.7. The Hall–Kier alpha value is -2.03. The molecule has 3 nitrogen and oxygen atoms in total. The predicted octanol–water partition coefficient (Wildman–Crippen LogP) is 2.61. The summed E-state index contributed by atoms with van der Waals surface area (Å²) in [4.78, 5) is 10.7. The number of nitrogens with two attached hydrogens (primary N) is 1. The Morgan fingerprint density at radius 1 is 1.20 bits per heavy atom. The van der Waals surface area contributed by atoms with E-state index in [0.717, 1.165) is 16.3 Å². The lowest BCUT2D eigenvalue weighted by Gasteiger charge is -2.07.